The Bertz CT molecular complexity index is 289. The van der Waals surface area contributed by atoms with E-state index >= 15 is 0 Å². The Morgan fingerprint density at radius 2 is 2.00 bits per heavy atom. The second-order valence-electron chi connectivity index (χ2n) is 2.75. The van der Waals surface area contributed by atoms with Gasteiger partial charge in [-0.25, -0.2) is 0 Å². The Morgan fingerprint density at radius 3 is 2.64 bits per heavy atom. The van der Waals surface area contributed by atoms with Crippen LogP contribution in [-0.2, 0) is 4.74 Å². The number of anilines is 1. The van der Waals surface area contributed by atoms with Crippen LogP contribution in [-0.4, -0.2) is 27.4 Å². The third kappa shape index (κ3) is 2.81. The van der Waals surface area contributed by atoms with Gasteiger partial charge in [-0.05, 0) is 12.1 Å². The highest BCUT2D eigenvalue weighted by Crippen LogP contribution is 2.26. The Balaban J connectivity index is 2.64. The van der Waals surface area contributed by atoms with E-state index in [0.29, 0.717) is 24.7 Å². The van der Waals surface area contributed by atoms with Crippen LogP contribution >= 0.6 is 0 Å². The van der Waals surface area contributed by atoms with Gasteiger partial charge in [0, 0.05) is 13.2 Å². The highest BCUT2D eigenvalue weighted by Gasteiger charge is 2.01. The molecule has 0 atom stereocenters. The number of ether oxygens (including phenoxy) is 3. The predicted molar refractivity (Wildman–Crippen MR) is 54.8 cm³/mol. The van der Waals surface area contributed by atoms with Crippen LogP contribution in [0.1, 0.15) is 0 Å². The molecule has 1 aromatic carbocycles. The van der Waals surface area contributed by atoms with E-state index in [1.54, 1.807) is 32.4 Å². The highest BCUT2D eigenvalue weighted by atomic mass is 16.5. The van der Waals surface area contributed by atoms with Gasteiger partial charge in [0.05, 0.1) is 19.4 Å². The summed E-state index contributed by atoms with van der Waals surface area (Å²) in [6, 6.07) is 5.30. The lowest BCUT2D eigenvalue weighted by molar-refractivity contribution is 0.146. The maximum absolute atomic E-state index is 5.71. The Kier molecular flexibility index (Phi) is 4.07. The van der Waals surface area contributed by atoms with E-state index < -0.39 is 0 Å². The van der Waals surface area contributed by atoms with Crippen LogP contribution in [0.5, 0.6) is 11.5 Å². The Labute approximate surface area is 83.6 Å². The fourth-order valence-electron chi connectivity index (χ4n) is 1.00. The van der Waals surface area contributed by atoms with E-state index in [0.717, 1.165) is 5.75 Å². The van der Waals surface area contributed by atoms with Crippen molar-refractivity contribution in [3.8, 4) is 11.5 Å². The summed E-state index contributed by atoms with van der Waals surface area (Å²) < 4.78 is 15.3. The van der Waals surface area contributed by atoms with Gasteiger partial charge >= 0.3 is 0 Å². The molecule has 14 heavy (non-hydrogen) atoms. The van der Waals surface area contributed by atoms with Gasteiger partial charge in [-0.2, -0.15) is 0 Å². The summed E-state index contributed by atoms with van der Waals surface area (Å²) in [4.78, 5) is 0. The summed E-state index contributed by atoms with van der Waals surface area (Å²) in [6.45, 7) is 1.02. The first-order valence-corrected chi connectivity index (χ1v) is 4.33. The molecule has 2 N–H and O–H groups in total. The Hall–Kier alpha value is -1.42. The molecule has 0 heterocycles. The lowest BCUT2D eigenvalue weighted by atomic mass is 10.3. The van der Waals surface area contributed by atoms with Crippen molar-refractivity contribution in [2.45, 2.75) is 0 Å². The molecule has 78 valence electrons. The van der Waals surface area contributed by atoms with Gasteiger partial charge in [0.1, 0.15) is 18.1 Å². The molecule has 0 spiro atoms. The van der Waals surface area contributed by atoms with Crippen molar-refractivity contribution < 1.29 is 14.2 Å². The molecule has 0 aliphatic carbocycles. The van der Waals surface area contributed by atoms with E-state index in [1.165, 1.54) is 0 Å². The lowest BCUT2D eigenvalue weighted by Gasteiger charge is -2.09. The van der Waals surface area contributed by atoms with Crippen LogP contribution in [0.25, 0.3) is 0 Å². The van der Waals surface area contributed by atoms with Crippen molar-refractivity contribution in [2.75, 3.05) is 33.2 Å². The molecular weight excluding hydrogens is 182 g/mol. The summed E-state index contributed by atoms with van der Waals surface area (Å²) >= 11 is 0. The predicted octanol–water partition coefficient (Wildman–Crippen LogP) is 1.30. The quantitative estimate of drug-likeness (QED) is 0.571. The third-order valence-corrected chi connectivity index (χ3v) is 1.77. The number of nitrogens with two attached hydrogens (primary N) is 1. The average Bonchev–Trinajstić information content (AvgIpc) is 2.21. The van der Waals surface area contributed by atoms with Crippen molar-refractivity contribution in [1.29, 1.82) is 0 Å². The van der Waals surface area contributed by atoms with Crippen LogP contribution in [0.2, 0.25) is 0 Å². The standard InChI is InChI=1S/C10H15NO3/c1-12-5-6-14-10-7-8(13-2)3-4-9(10)11/h3-4,7H,5-6,11H2,1-2H3. The Morgan fingerprint density at radius 1 is 1.21 bits per heavy atom. The fraction of sp³-hybridized carbons (Fsp3) is 0.400. The zero-order valence-corrected chi connectivity index (χ0v) is 8.45. The SMILES string of the molecule is COCCOc1cc(OC)ccc1N. The number of benzene rings is 1. The van der Waals surface area contributed by atoms with Crippen molar-refractivity contribution in [1.82, 2.24) is 0 Å². The first-order chi connectivity index (χ1) is 6.77. The van der Waals surface area contributed by atoms with E-state index in [-0.39, 0.29) is 0 Å². The fourth-order valence-corrected chi connectivity index (χ4v) is 1.00. The average molecular weight is 197 g/mol. The summed E-state index contributed by atoms with van der Waals surface area (Å²) in [7, 11) is 3.22. The molecule has 4 heteroatoms. The van der Waals surface area contributed by atoms with Gasteiger partial charge in [0.25, 0.3) is 0 Å². The summed E-state index contributed by atoms with van der Waals surface area (Å²) in [6.07, 6.45) is 0. The van der Waals surface area contributed by atoms with Crippen LogP contribution in [0.3, 0.4) is 0 Å². The minimum absolute atomic E-state index is 0.480. The topological polar surface area (TPSA) is 53.7 Å². The number of hydrogen-bond acceptors (Lipinski definition) is 4. The van der Waals surface area contributed by atoms with Crippen LogP contribution in [0.4, 0.5) is 5.69 Å². The van der Waals surface area contributed by atoms with Gasteiger partial charge in [-0.3, -0.25) is 0 Å². The molecule has 0 aliphatic heterocycles. The van der Waals surface area contributed by atoms with E-state index in [2.05, 4.69) is 0 Å². The summed E-state index contributed by atoms with van der Waals surface area (Å²) in [5.41, 5.74) is 6.30. The zero-order chi connectivity index (χ0) is 10.4. The van der Waals surface area contributed by atoms with Crippen LogP contribution in [0, 0.1) is 0 Å². The normalized spacial score (nSPS) is 9.86. The number of nitrogen functional groups attached to an aromatic ring is 1. The molecule has 0 radical (unpaired) electrons. The van der Waals surface area contributed by atoms with Gasteiger partial charge in [-0.15, -0.1) is 0 Å². The molecular formula is C10H15NO3. The molecule has 0 amide bonds. The molecule has 0 fully saturated rings. The maximum atomic E-state index is 5.71. The minimum Gasteiger partial charge on any atom is -0.497 e. The zero-order valence-electron chi connectivity index (χ0n) is 8.45. The first kappa shape index (κ1) is 10.7. The van der Waals surface area contributed by atoms with Crippen LogP contribution in [0.15, 0.2) is 18.2 Å². The molecule has 0 unspecified atom stereocenters. The molecule has 1 rings (SSSR count). The molecule has 0 saturated carbocycles. The highest BCUT2D eigenvalue weighted by molar-refractivity contribution is 5.55. The third-order valence-electron chi connectivity index (χ3n) is 1.77. The largest absolute Gasteiger partial charge is 0.497 e. The summed E-state index contributed by atoms with van der Waals surface area (Å²) in [5, 5.41) is 0. The number of hydrogen-bond donors (Lipinski definition) is 1. The van der Waals surface area contributed by atoms with Crippen molar-refractivity contribution in [3.63, 3.8) is 0 Å². The molecule has 0 bridgehead atoms. The molecule has 0 aliphatic rings. The van der Waals surface area contributed by atoms with Crippen molar-refractivity contribution >= 4 is 5.69 Å². The second-order valence-corrected chi connectivity index (χ2v) is 2.75. The monoisotopic (exact) mass is 197 g/mol. The molecule has 4 nitrogen and oxygen atoms in total. The number of rotatable bonds is 5. The van der Waals surface area contributed by atoms with Gasteiger partial charge in [-0.1, -0.05) is 0 Å². The van der Waals surface area contributed by atoms with Gasteiger partial charge < -0.3 is 19.9 Å². The number of methoxy groups -OCH3 is 2. The van der Waals surface area contributed by atoms with Crippen molar-refractivity contribution in [3.05, 3.63) is 18.2 Å². The van der Waals surface area contributed by atoms with E-state index in [4.69, 9.17) is 19.9 Å². The molecule has 0 aromatic heterocycles. The molecule has 1 aromatic rings. The second kappa shape index (κ2) is 5.34. The smallest absolute Gasteiger partial charge is 0.145 e. The van der Waals surface area contributed by atoms with E-state index in [1.807, 2.05) is 0 Å². The maximum Gasteiger partial charge on any atom is 0.145 e. The van der Waals surface area contributed by atoms with Gasteiger partial charge in [0.2, 0.25) is 0 Å². The van der Waals surface area contributed by atoms with Gasteiger partial charge in [0.15, 0.2) is 0 Å². The van der Waals surface area contributed by atoms with Crippen LogP contribution < -0.4 is 15.2 Å². The van der Waals surface area contributed by atoms with Crippen molar-refractivity contribution in [2.24, 2.45) is 0 Å². The summed E-state index contributed by atoms with van der Waals surface area (Å²) in [5.74, 6) is 1.35. The lowest BCUT2D eigenvalue weighted by Crippen LogP contribution is -2.05. The first-order valence-electron chi connectivity index (χ1n) is 4.33. The molecule has 0 saturated heterocycles. The minimum atomic E-state index is 0.480. The van der Waals surface area contributed by atoms with E-state index in [9.17, 15) is 0 Å².